The van der Waals surface area contributed by atoms with E-state index in [2.05, 4.69) is 27.8 Å². The molecule has 0 aliphatic carbocycles. The second kappa shape index (κ2) is 10.5. The van der Waals surface area contributed by atoms with Crippen LogP contribution in [0.4, 0.5) is 5.13 Å². The van der Waals surface area contributed by atoms with Crippen molar-refractivity contribution >= 4 is 28.3 Å². The van der Waals surface area contributed by atoms with Gasteiger partial charge in [-0.15, -0.1) is 10.2 Å². The molecule has 8 heteroatoms. The van der Waals surface area contributed by atoms with E-state index in [0.29, 0.717) is 16.4 Å². The summed E-state index contributed by atoms with van der Waals surface area (Å²) in [5.74, 6) is 0.146. The van der Waals surface area contributed by atoms with Crippen molar-refractivity contribution in [2.45, 2.75) is 32.2 Å². The zero-order chi connectivity index (χ0) is 21.3. The van der Waals surface area contributed by atoms with E-state index in [1.165, 1.54) is 11.3 Å². The number of aromatic nitrogens is 2. The maximum atomic E-state index is 12.7. The van der Waals surface area contributed by atoms with Gasteiger partial charge in [0.25, 0.3) is 5.91 Å². The maximum absolute atomic E-state index is 12.7. The lowest BCUT2D eigenvalue weighted by atomic mass is 10.0. The van der Waals surface area contributed by atoms with Crippen LogP contribution < -0.4 is 15.4 Å². The van der Waals surface area contributed by atoms with Crippen LogP contribution in [0.3, 0.4) is 0 Å². The molecule has 0 saturated carbocycles. The van der Waals surface area contributed by atoms with Crippen LogP contribution in [-0.4, -0.2) is 29.1 Å². The molecule has 0 radical (unpaired) electrons. The minimum Gasteiger partial charge on any atom is -0.497 e. The lowest BCUT2D eigenvalue weighted by Crippen LogP contribution is -2.31. The number of anilines is 1. The van der Waals surface area contributed by atoms with Crippen molar-refractivity contribution in [3.63, 3.8) is 0 Å². The van der Waals surface area contributed by atoms with E-state index in [1.54, 1.807) is 31.4 Å². The van der Waals surface area contributed by atoms with Gasteiger partial charge in [0.05, 0.1) is 19.6 Å². The molecule has 2 amide bonds. The SMILES string of the molecule is CCCc1nnc(NC(=O)C[C@@H](NC(=O)c2ccccc2)c2cccc(OC)c2)s1. The number of methoxy groups -OCH3 is 1. The molecule has 1 heterocycles. The largest absolute Gasteiger partial charge is 0.497 e. The highest BCUT2D eigenvalue weighted by molar-refractivity contribution is 7.15. The second-order valence-electron chi connectivity index (χ2n) is 6.67. The van der Waals surface area contributed by atoms with Gasteiger partial charge in [-0.25, -0.2) is 0 Å². The molecule has 0 aliphatic rings. The first-order chi connectivity index (χ1) is 14.6. The van der Waals surface area contributed by atoms with Gasteiger partial charge in [-0.3, -0.25) is 9.59 Å². The quantitative estimate of drug-likeness (QED) is 0.542. The predicted octanol–water partition coefficient (Wildman–Crippen LogP) is 4.00. The lowest BCUT2D eigenvalue weighted by molar-refractivity contribution is -0.116. The van der Waals surface area contributed by atoms with Crippen LogP contribution in [0.5, 0.6) is 5.75 Å². The smallest absolute Gasteiger partial charge is 0.251 e. The van der Waals surface area contributed by atoms with Crippen LogP contribution in [0.2, 0.25) is 0 Å². The third-order valence-corrected chi connectivity index (χ3v) is 5.30. The number of nitrogens with one attached hydrogen (secondary N) is 2. The number of hydrogen-bond acceptors (Lipinski definition) is 6. The molecular formula is C22H24N4O3S. The van der Waals surface area contributed by atoms with Crippen LogP contribution in [0.25, 0.3) is 0 Å². The molecule has 3 rings (SSSR count). The van der Waals surface area contributed by atoms with Crippen molar-refractivity contribution < 1.29 is 14.3 Å². The summed E-state index contributed by atoms with van der Waals surface area (Å²) < 4.78 is 5.29. The fraction of sp³-hybridized carbons (Fsp3) is 0.273. The Labute approximate surface area is 179 Å². The van der Waals surface area contributed by atoms with Gasteiger partial charge < -0.3 is 15.4 Å². The fourth-order valence-electron chi connectivity index (χ4n) is 2.92. The van der Waals surface area contributed by atoms with Crippen LogP contribution in [0.1, 0.15) is 46.7 Å². The number of aryl methyl sites for hydroxylation is 1. The fourth-order valence-corrected chi connectivity index (χ4v) is 3.77. The molecule has 0 aliphatic heterocycles. The minimum absolute atomic E-state index is 0.0500. The van der Waals surface area contributed by atoms with Crippen LogP contribution in [-0.2, 0) is 11.2 Å². The molecule has 156 valence electrons. The summed E-state index contributed by atoms with van der Waals surface area (Å²) in [7, 11) is 1.58. The molecule has 30 heavy (non-hydrogen) atoms. The van der Waals surface area contributed by atoms with Crippen molar-refractivity contribution in [3.05, 3.63) is 70.7 Å². The number of carbonyl (C=O) groups is 2. The number of carbonyl (C=O) groups excluding carboxylic acids is 2. The Kier molecular flexibility index (Phi) is 7.51. The Morgan fingerprint density at radius 3 is 2.63 bits per heavy atom. The molecule has 2 N–H and O–H groups in total. The van der Waals surface area contributed by atoms with Crippen molar-refractivity contribution in [3.8, 4) is 5.75 Å². The number of hydrogen-bond donors (Lipinski definition) is 2. The summed E-state index contributed by atoms with van der Waals surface area (Å²) >= 11 is 1.36. The van der Waals surface area contributed by atoms with Gasteiger partial charge in [0, 0.05) is 12.0 Å². The Balaban J connectivity index is 1.75. The van der Waals surface area contributed by atoms with E-state index < -0.39 is 6.04 Å². The van der Waals surface area contributed by atoms with Gasteiger partial charge in [0.1, 0.15) is 10.8 Å². The molecule has 2 aromatic carbocycles. The molecule has 0 saturated heterocycles. The van der Waals surface area contributed by atoms with Gasteiger partial charge in [-0.1, -0.05) is 48.6 Å². The van der Waals surface area contributed by atoms with E-state index in [-0.39, 0.29) is 18.2 Å². The summed E-state index contributed by atoms with van der Waals surface area (Å²) in [4.78, 5) is 25.4. The molecule has 0 unspecified atom stereocenters. The zero-order valence-corrected chi connectivity index (χ0v) is 17.7. The monoisotopic (exact) mass is 424 g/mol. The molecule has 1 aromatic heterocycles. The van der Waals surface area contributed by atoms with Gasteiger partial charge >= 0.3 is 0 Å². The van der Waals surface area contributed by atoms with Gasteiger partial charge in [0.15, 0.2) is 0 Å². The summed E-state index contributed by atoms with van der Waals surface area (Å²) in [5.41, 5.74) is 1.30. The van der Waals surface area contributed by atoms with E-state index in [0.717, 1.165) is 23.4 Å². The number of amides is 2. The van der Waals surface area contributed by atoms with E-state index in [1.807, 2.05) is 30.3 Å². The highest BCUT2D eigenvalue weighted by Crippen LogP contribution is 2.24. The molecule has 0 bridgehead atoms. The summed E-state index contributed by atoms with van der Waals surface area (Å²) in [6.07, 6.45) is 1.84. The van der Waals surface area contributed by atoms with Gasteiger partial charge in [0.2, 0.25) is 11.0 Å². The Morgan fingerprint density at radius 1 is 1.10 bits per heavy atom. The third-order valence-electron chi connectivity index (χ3n) is 4.40. The minimum atomic E-state index is -0.532. The number of benzene rings is 2. The van der Waals surface area contributed by atoms with Crippen molar-refractivity contribution in [1.29, 1.82) is 0 Å². The highest BCUT2D eigenvalue weighted by atomic mass is 32.1. The summed E-state index contributed by atoms with van der Waals surface area (Å²) in [6.45, 7) is 2.06. The third kappa shape index (κ3) is 5.87. The molecule has 1 atom stereocenters. The average Bonchev–Trinajstić information content (AvgIpc) is 3.20. The Hall–Kier alpha value is -3.26. The second-order valence-corrected chi connectivity index (χ2v) is 7.73. The van der Waals surface area contributed by atoms with Crippen molar-refractivity contribution in [2.75, 3.05) is 12.4 Å². The van der Waals surface area contributed by atoms with E-state index in [4.69, 9.17) is 4.74 Å². The first kappa shape index (κ1) is 21.4. The number of ether oxygens (including phenoxy) is 1. The zero-order valence-electron chi connectivity index (χ0n) is 16.9. The average molecular weight is 425 g/mol. The standard InChI is InChI=1S/C22H24N4O3S/c1-3-8-20-25-26-22(30-20)24-19(27)14-18(16-11-7-12-17(13-16)29-2)23-21(28)15-9-5-4-6-10-15/h4-7,9-13,18H,3,8,14H2,1-2H3,(H,23,28)(H,24,26,27)/t18-/m1/s1. The number of nitrogens with zero attached hydrogens (tertiary/aromatic N) is 2. The van der Waals surface area contributed by atoms with E-state index in [9.17, 15) is 9.59 Å². The molecular weight excluding hydrogens is 400 g/mol. The summed E-state index contributed by atoms with van der Waals surface area (Å²) in [6, 6.07) is 15.7. The summed E-state index contributed by atoms with van der Waals surface area (Å²) in [5, 5.41) is 15.2. The first-order valence-electron chi connectivity index (χ1n) is 9.71. The van der Waals surface area contributed by atoms with E-state index >= 15 is 0 Å². The van der Waals surface area contributed by atoms with Gasteiger partial charge in [-0.05, 0) is 36.2 Å². The van der Waals surface area contributed by atoms with Gasteiger partial charge in [-0.2, -0.15) is 0 Å². The number of rotatable bonds is 9. The normalized spacial score (nSPS) is 11.5. The lowest BCUT2D eigenvalue weighted by Gasteiger charge is -2.19. The van der Waals surface area contributed by atoms with Crippen LogP contribution in [0.15, 0.2) is 54.6 Å². The molecule has 3 aromatic rings. The molecule has 7 nitrogen and oxygen atoms in total. The highest BCUT2D eigenvalue weighted by Gasteiger charge is 2.21. The van der Waals surface area contributed by atoms with Crippen molar-refractivity contribution in [2.24, 2.45) is 0 Å². The maximum Gasteiger partial charge on any atom is 0.251 e. The Bertz CT molecular complexity index is 991. The predicted molar refractivity (Wildman–Crippen MR) is 117 cm³/mol. The van der Waals surface area contributed by atoms with Crippen LogP contribution >= 0.6 is 11.3 Å². The van der Waals surface area contributed by atoms with Crippen molar-refractivity contribution in [1.82, 2.24) is 15.5 Å². The Morgan fingerprint density at radius 2 is 1.90 bits per heavy atom. The first-order valence-corrected chi connectivity index (χ1v) is 10.5. The molecule has 0 fully saturated rings. The van der Waals surface area contributed by atoms with Crippen LogP contribution in [0, 0.1) is 0 Å². The topological polar surface area (TPSA) is 93.2 Å². The molecule has 0 spiro atoms.